The molecule has 32 heavy (non-hydrogen) atoms. The number of anilines is 1. The largest absolute Gasteiger partial charge is 0.507 e. The van der Waals surface area contributed by atoms with E-state index in [-0.39, 0.29) is 27.9 Å². The zero-order valence-corrected chi connectivity index (χ0v) is 18.1. The number of esters is 1. The van der Waals surface area contributed by atoms with Gasteiger partial charge in [-0.1, -0.05) is 41.7 Å². The molecule has 9 heteroatoms. The molecule has 3 aromatic rings. The molecule has 1 aliphatic rings. The number of amides is 1. The number of carbonyl (C=O) groups is 3. The number of aromatic nitrogens is 2. The standard InChI is InChI=1S/C23H19N3O5S/c1-3-31-22(30)20-13(2)25-23(32-20)26-17(14-7-5-4-6-8-14)16(19(28)21(26)29)18(27)15-9-11-24-12-10-15/h4-12,17,27H,3H2,1-2H3/b18-16+. The summed E-state index contributed by atoms with van der Waals surface area (Å²) in [6.45, 7) is 3.53. The highest BCUT2D eigenvalue weighted by atomic mass is 32.1. The second-order valence-corrected chi connectivity index (χ2v) is 7.92. The van der Waals surface area contributed by atoms with Gasteiger partial charge in [0.05, 0.1) is 23.9 Å². The molecule has 0 saturated carbocycles. The van der Waals surface area contributed by atoms with E-state index in [9.17, 15) is 19.5 Å². The maximum Gasteiger partial charge on any atom is 0.350 e. The number of hydrogen-bond acceptors (Lipinski definition) is 8. The summed E-state index contributed by atoms with van der Waals surface area (Å²) in [7, 11) is 0. The van der Waals surface area contributed by atoms with Crippen LogP contribution in [0.15, 0.2) is 60.4 Å². The Bertz CT molecular complexity index is 1220. The Hall–Kier alpha value is -3.85. The number of hydrogen-bond donors (Lipinski definition) is 1. The highest BCUT2D eigenvalue weighted by Gasteiger charge is 2.48. The summed E-state index contributed by atoms with van der Waals surface area (Å²) in [6.07, 6.45) is 2.97. The number of ketones is 1. The van der Waals surface area contributed by atoms with Crippen LogP contribution in [0, 0.1) is 6.92 Å². The van der Waals surface area contributed by atoms with Crippen molar-refractivity contribution in [3.8, 4) is 0 Å². The minimum atomic E-state index is -0.912. The molecule has 1 saturated heterocycles. The second kappa shape index (κ2) is 8.72. The fourth-order valence-corrected chi connectivity index (χ4v) is 4.50. The van der Waals surface area contributed by atoms with Crippen molar-refractivity contribution in [2.45, 2.75) is 19.9 Å². The number of Topliss-reactive ketones (excluding diaryl/α,β-unsaturated/α-hetero) is 1. The SMILES string of the molecule is CCOC(=O)c1sc(N2C(=O)C(=O)/C(=C(/O)c3ccncc3)C2c2ccccc2)nc1C. The molecule has 1 fully saturated rings. The van der Waals surface area contributed by atoms with Crippen LogP contribution in [-0.4, -0.2) is 39.3 Å². The van der Waals surface area contributed by atoms with E-state index in [0.717, 1.165) is 11.3 Å². The van der Waals surface area contributed by atoms with E-state index < -0.39 is 23.7 Å². The summed E-state index contributed by atoms with van der Waals surface area (Å²) in [5, 5.41) is 11.2. The van der Waals surface area contributed by atoms with Crippen molar-refractivity contribution < 1.29 is 24.2 Å². The predicted octanol–water partition coefficient (Wildman–Crippen LogP) is 3.65. The molecule has 1 amide bonds. The lowest BCUT2D eigenvalue weighted by atomic mass is 9.96. The van der Waals surface area contributed by atoms with Gasteiger partial charge in [0.25, 0.3) is 5.78 Å². The molecule has 1 N–H and O–H groups in total. The highest BCUT2D eigenvalue weighted by Crippen LogP contribution is 2.43. The van der Waals surface area contributed by atoms with Gasteiger partial charge in [-0.25, -0.2) is 9.78 Å². The second-order valence-electron chi connectivity index (χ2n) is 6.95. The number of thiazole rings is 1. The van der Waals surface area contributed by atoms with Crippen molar-refractivity contribution in [3.63, 3.8) is 0 Å². The third kappa shape index (κ3) is 3.67. The Labute approximate surface area is 187 Å². The Morgan fingerprint density at radius 1 is 1.16 bits per heavy atom. The van der Waals surface area contributed by atoms with Gasteiger partial charge in [-0.05, 0) is 31.5 Å². The van der Waals surface area contributed by atoms with Gasteiger partial charge in [-0.15, -0.1) is 0 Å². The van der Waals surface area contributed by atoms with Crippen molar-refractivity contribution in [2.75, 3.05) is 11.5 Å². The molecule has 1 aliphatic heterocycles. The Morgan fingerprint density at radius 2 is 1.84 bits per heavy atom. The number of benzene rings is 1. The van der Waals surface area contributed by atoms with E-state index in [1.165, 1.54) is 17.3 Å². The van der Waals surface area contributed by atoms with Crippen LogP contribution in [0.1, 0.15) is 39.5 Å². The van der Waals surface area contributed by atoms with Crippen LogP contribution >= 0.6 is 11.3 Å². The molecule has 4 rings (SSSR count). The van der Waals surface area contributed by atoms with Gasteiger partial charge in [-0.3, -0.25) is 19.5 Å². The lowest BCUT2D eigenvalue weighted by molar-refractivity contribution is -0.132. The molecule has 1 atom stereocenters. The minimum Gasteiger partial charge on any atom is -0.507 e. The normalized spacial score (nSPS) is 17.6. The summed E-state index contributed by atoms with van der Waals surface area (Å²) in [5.41, 5.74) is 1.32. The molecular weight excluding hydrogens is 430 g/mol. The van der Waals surface area contributed by atoms with Crippen molar-refractivity contribution in [3.05, 3.63) is 82.1 Å². The average Bonchev–Trinajstić information content (AvgIpc) is 3.32. The first-order valence-corrected chi connectivity index (χ1v) is 10.7. The monoisotopic (exact) mass is 449 g/mol. The van der Waals surface area contributed by atoms with Gasteiger partial charge in [0.15, 0.2) is 5.13 Å². The number of aryl methyl sites for hydroxylation is 1. The lowest BCUT2D eigenvalue weighted by Crippen LogP contribution is -2.29. The van der Waals surface area contributed by atoms with Gasteiger partial charge in [0.2, 0.25) is 0 Å². The molecule has 8 nitrogen and oxygen atoms in total. The van der Waals surface area contributed by atoms with Gasteiger partial charge in [0.1, 0.15) is 10.6 Å². The molecule has 0 spiro atoms. The van der Waals surface area contributed by atoms with Gasteiger partial charge in [0, 0.05) is 18.0 Å². The first kappa shape index (κ1) is 21.4. The van der Waals surface area contributed by atoms with Crippen LogP contribution in [0.4, 0.5) is 5.13 Å². The summed E-state index contributed by atoms with van der Waals surface area (Å²) in [6, 6.07) is 11.1. The summed E-state index contributed by atoms with van der Waals surface area (Å²) in [4.78, 5) is 48.3. The molecule has 0 radical (unpaired) electrons. The molecule has 3 heterocycles. The van der Waals surface area contributed by atoms with E-state index >= 15 is 0 Å². The number of pyridine rings is 1. The number of carbonyl (C=O) groups excluding carboxylic acids is 3. The quantitative estimate of drug-likeness (QED) is 0.274. The number of rotatable bonds is 5. The van der Waals surface area contributed by atoms with E-state index in [1.807, 2.05) is 6.07 Å². The molecule has 1 unspecified atom stereocenters. The first-order chi connectivity index (χ1) is 15.4. The van der Waals surface area contributed by atoms with Crippen molar-refractivity contribution in [2.24, 2.45) is 0 Å². The fourth-order valence-electron chi connectivity index (χ4n) is 3.52. The van der Waals surface area contributed by atoms with Crippen molar-refractivity contribution >= 4 is 39.9 Å². The van der Waals surface area contributed by atoms with Crippen molar-refractivity contribution in [1.29, 1.82) is 0 Å². The number of nitrogens with zero attached hydrogens (tertiary/aromatic N) is 3. The third-order valence-corrected chi connectivity index (χ3v) is 6.10. The maximum absolute atomic E-state index is 13.1. The molecule has 162 valence electrons. The van der Waals surface area contributed by atoms with Crippen LogP contribution in [0.2, 0.25) is 0 Å². The summed E-state index contributed by atoms with van der Waals surface area (Å²) < 4.78 is 5.07. The fraction of sp³-hybridized carbons (Fsp3) is 0.174. The van der Waals surface area contributed by atoms with E-state index in [2.05, 4.69) is 9.97 Å². The minimum absolute atomic E-state index is 0.0575. The summed E-state index contributed by atoms with van der Waals surface area (Å²) in [5.74, 6) is -2.52. The molecule has 2 aromatic heterocycles. The molecule has 0 aliphatic carbocycles. The van der Waals surface area contributed by atoms with E-state index in [0.29, 0.717) is 16.8 Å². The van der Waals surface area contributed by atoms with Crippen LogP contribution in [0.25, 0.3) is 5.76 Å². The number of ether oxygens (including phenoxy) is 1. The lowest BCUT2D eigenvalue weighted by Gasteiger charge is -2.22. The Kier molecular flexibility index (Phi) is 5.83. The van der Waals surface area contributed by atoms with Gasteiger partial charge in [-0.2, -0.15) is 0 Å². The van der Waals surface area contributed by atoms with Gasteiger partial charge < -0.3 is 9.84 Å². The highest BCUT2D eigenvalue weighted by molar-refractivity contribution is 7.17. The first-order valence-electron chi connectivity index (χ1n) is 9.85. The van der Waals surface area contributed by atoms with Crippen LogP contribution < -0.4 is 4.90 Å². The molecule has 1 aromatic carbocycles. The summed E-state index contributed by atoms with van der Waals surface area (Å²) >= 11 is 0.972. The Morgan fingerprint density at radius 3 is 2.50 bits per heavy atom. The average molecular weight is 449 g/mol. The van der Waals surface area contributed by atoms with Crippen LogP contribution in [-0.2, 0) is 14.3 Å². The number of aliphatic hydroxyl groups is 1. The smallest absolute Gasteiger partial charge is 0.350 e. The van der Waals surface area contributed by atoms with Gasteiger partial charge >= 0.3 is 11.9 Å². The van der Waals surface area contributed by atoms with Crippen LogP contribution in [0.5, 0.6) is 0 Å². The van der Waals surface area contributed by atoms with Crippen LogP contribution in [0.3, 0.4) is 0 Å². The number of aliphatic hydroxyl groups excluding tert-OH is 1. The topological polar surface area (TPSA) is 110 Å². The zero-order chi connectivity index (χ0) is 22.8. The Balaban J connectivity index is 1.89. The zero-order valence-electron chi connectivity index (χ0n) is 17.3. The predicted molar refractivity (Wildman–Crippen MR) is 118 cm³/mol. The van der Waals surface area contributed by atoms with E-state index in [1.54, 1.807) is 50.2 Å². The third-order valence-electron chi connectivity index (χ3n) is 4.97. The van der Waals surface area contributed by atoms with E-state index in [4.69, 9.17) is 4.74 Å². The van der Waals surface area contributed by atoms with Crippen molar-refractivity contribution in [1.82, 2.24) is 9.97 Å². The molecule has 0 bridgehead atoms. The molecular formula is C23H19N3O5S. The maximum atomic E-state index is 13.1.